The van der Waals surface area contributed by atoms with Crippen molar-refractivity contribution in [1.29, 1.82) is 0 Å². The molecule has 3 rings (SSSR count). The van der Waals surface area contributed by atoms with Crippen molar-refractivity contribution in [3.8, 4) is 0 Å². The second-order valence-electron chi connectivity index (χ2n) is 3.60. The number of carboxylic acid groups (broad SMARTS) is 1. The highest BCUT2D eigenvalue weighted by atomic mass is 16.4. The lowest BCUT2D eigenvalue weighted by atomic mass is 10.1. The smallest absolute Gasteiger partial charge is 0.135 e. The van der Waals surface area contributed by atoms with Gasteiger partial charge in [-0.15, -0.1) is 0 Å². The number of hydrogen-bond acceptors (Lipinski definition) is 3. The van der Waals surface area contributed by atoms with Crippen LogP contribution in [0.3, 0.4) is 0 Å². The fourth-order valence-electron chi connectivity index (χ4n) is 1.85. The van der Waals surface area contributed by atoms with Crippen LogP contribution in [0, 0.1) is 0 Å². The van der Waals surface area contributed by atoms with Gasteiger partial charge in [0.2, 0.25) is 0 Å². The van der Waals surface area contributed by atoms with Crippen LogP contribution in [0.2, 0.25) is 0 Å². The molecule has 3 nitrogen and oxygen atoms in total. The lowest BCUT2D eigenvalue weighted by Crippen LogP contribution is -2.21. The van der Waals surface area contributed by atoms with E-state index in [2.05, 4.69) is 0 Å². The molecule has 0 saturated carbocycles. The molecule has 0 bridgehead atoms. The van der Waals surface area contributed by atoms with Gasteiger partial charge in [0.05, 0.1) is 5.97 Å². The molecule has 3 aromatic rings. The zero-order valence-corrected chi connectivity index (χ0v) is 8.27. The number of carboxylic acids is 1. The molecule has 0 radical (unpaired) electrons. The normalized spacial score (nSPS) is 11.0. The first-order valence-electron chi connectivity index (χ1n) is 4.88. The van der Waals surface area contributed by atoms with Crippen molar-refractivity contribution < 1.29 is 14.3 Å². The first-order valence-corrected chi connectivity index (χ1v) is 4.88. The van der Waals surface area contributed by atoms with Gasteiger partial charge < -0.3 is 14.3 Å². The third-order valence-corrected chi connectivity index (χ3v) is 2.61. The quantitative estimate of drug-likeness (QED) is 0.618. The minimum absolute atomic E-state index is 0.166. The zero-order chi connectivity index (χ0) is 11.1. The fraction of sp³-hybridized carbons (Fsp3) is 0. The van der Waals surface area contributed by atoms with Crippen molar-refractivity contribution >= 4 is 27.9 Å². The van der Waals surface area contributed by atoms with Gasteiger partial charge in [-0.05, 0) is 29.8 Å². The van der Waals surface area contributed by atoms with E-state index in [1.54, 1.807) is 12.1 Å². The van der Waals surface area contributed by atoms with Crippen LogP contribution in [0.4, 0.5) is 0 Å². The molecule has 0 fully saturated rings. The van der Waals surface area contributed by atoms with Gasteiger partial charge >= 0.3 is 0 Å². The molecular formula is C13H7O3-. The summed E-state index contributed by atoms with van der Waals surface area (Å²) in [6.45, 7) is 0. The molecular weight excluding hydrogens is 204 g/mol. The summed E-state index contributed by atoms with van der Waals surface area (Å²) in [6, 6.07) is 12.2. The van der Waals surface area contributed by atoms with Crippen LogP contribution < -0.4 is 5.11 Å². The number of furan rings is 1. The Morgan fingerprint density at radius 2 is 1.75 bits per heavy atom. The van der Waals surface area contributed by atoms with Gasteiger partial charge in [0.15, 0.2) is 0 Å². The van der Waals surface area contributed by atoms with Gasteiger partial charge in [0.25, 0.3) is 0 Å². The van der Waals surface area contributed by atoms with Gasteiger partial charge in [-0.3, -0.25) is 0 Å². The topological polar surface area (TPSA) is 53.3 Å². The maximum Gasteiger partial charge on any atom is 0.135 e. The highest BCUT2D eigenvalue weighted by Gasteiger charge is 2.06. The molecule has 0 saturated heterocycles. The largest absolute Gasteiger partial charge is 0.545 e. The molecule has 16 heavy (non-hydrogen) atoms. The predicted octanol–water partition coefficient (Wildman–Crippen LogP) is 1.95. The molecule has 1 aromatic heterocycles. The van der Waals surface area contributed by atoms with Crippen LogP contribution in [0.15, 0.2) is 46.9 Å². The number of fused-ring (bicyclic) bond motifs is 3. The highest BCUT2D eigenvalue weighted by molar-refractivity contribution is 6.07. The van der Waals surface area contributed by atoms with E-state index in [9.17, 15) is 9.90 Å². The molecule has 0 N–H and O–H groups in total. The minimum atomic E-state index is -1.17. The van der Waals surface area contributed by atoms with Crippen LogP contribution in [-0.4, -0.2) is 5.97 Å². The summed E-state index contributed by atoms with van der Waals surface area (Å²) in [5.41, 5.74) is 1.61. The van der Waals surface area contributed by atoms with Crippen molar-refractivity contribution in [3.05, 3.63) is 48.0 Å². The lowest BCUT2D eigenvalue weighted by Gasteiger charge is -2.00. The average molecular weight is 211 g/mol. The Hall–Kier alpha value is -2.29. The van der Waals surface area contributed by atoms with Crippen molar-refractivity contribution in [1.82, 2.24) is 0 Å². The van der Waals surface area contributed by atoms with Crippen molar-refractivity contribution in [2.24, 2.45) is 0 Å². The SMILES string of the molecule is O=C([O-])c1ccc2oc3ccccc3c2c1. The molecule has 0 aliphatic carbocycles. The van der Waals surface area contributed by atoms with Gasteiger partial charge in [-0.2, -0.15) is 0 Å². The summed E-state index contributed by atoms with van der Waals surface area (Å²) >= 11 is 0. The minimum Gasteiger partial charge on any atom is -0.545 e. The van der Waals surface area contributed by atoms with Gasteiger partial charge in [0, 0.05) is 10.8 Å². The monoisotopic (exact) mass is 211 g/mol. The number of hydrogen-bond donors (Lipinski definition) is 0. The molecule has 0 atom stereocenters. The van der Waals surface area contributed by atoms with E-state index in [0.717, 1.165) is 16.4 Å². The number of carbonyl (C=O) groups is 1. The number of aromatic carboxylic acids is 1. The van der Waals surface area contributed by atoms with E-state index >= 15 is 0 Å². The molecule has 0 unspecified atom stereocenters. The Balaban J connectivity index is 2.44. The molecule has 0 aliphatic rings. The molecule has 1 heterocycles. The van der Waals surface area contributed by atoms with E-state index in [1.165, 1.54) is 6.07 Å². The maximum atomic E-state index is 10.8. The summed E-state index contributed by atoms with van der Waals surface area (Å²) in [5.74, 6) is -1.17. The zero-order valence-electron chi connectivity index (χ0n) is 8.27. The number of benzene rings is 2. The number of carbonyl (C=O) groups excluding carboxylic acids is 1. The van der Waals surface area contributed by atoms with Gasteiger partial charge in [-0.1, -0.05) is 18.2 Å². The fourth-order valence-corrected chi connectivity index (χ4v) is 1.85. The molecule has 3 heteroatoms. The first kappa shape index (κ1) is 8.97. The van der Waals surface area contributed by atoms with E-state index in [4.69, 9.17) is 4.42 Å². The van der Waals surface area contributed by atoms with Crippen LogP contribution in [0.1, 0.15) is 10.4 Å². The molecule has 0 aliphatic heterocycles. The van der Waals surface area contributed by atoms with E-state index in [1.807, 2.05) is 24.3 Å². The number of para-hydroxylation sites is 1. The van der Waals surface area contributed by atoms with Crippen LogP contribution in [0.25, 0.3) is 21.9 Å². The summed E-state index contributed by atoms with van der Waals surface area (Å²) < 4.78 is 5.57. The van der Waals surface area contributed by atoms with Crippen LogP contribution in [0.5, 0.6) is 0 Å². The van der Waals surface area contributed by atoms with Crippen LogP contribution >= 0.6 is 0 Å². The highest BCUT2D eigenvalue weighted by Crippen LogP contribution is 2.28. The van der Waals surface area contributed by atoms with Crippen molar-refractivity contribution in [2.45, 2.75) is 0 Å². The van der Waals surface area contributed by atoms with E-state index in [-0.39, 0.29) is 5.56 Å². The summed E-state index contributed by atoms with van der Waals surface area (Å²) in [6.07, 6.45) is 0. The summed E-state index contributed by atoms with van der Waals surface area (Å²) in [4.78, 5) is 10.8. The second-order valence-corrected chi connectivity index (χ2v) is 3.60. The summed E-state index contributed by atoms with van der Waals surface area (Å²) in [5, 5.41) is 12.5. The number of rotatable bonds is 1. The standard InChI is InChI=1S/C13H8O3/c14-13(15)8-5-6-12-10(7-8)9-3-1-2-4-11(9)16-12/h1-7H,(H,14,15)/p-1. The van der Waals surface area contributed by atoms with Crippen molar-refractivity contribution in [2.75, 3.05) is 0 Å². The Morgan fingerprint density at radius 1 is 1.00 bits per heavy atom. The van der Waals surface area contributed by atoms with E-state index < -0.39 is 5.97 Å². The average Bonchev–Trinajstić information content (AvgIpc) is 2.66. The van der Waals surface area contributed by atoms with Crippen LogP contribution in [-0.2, 0) is 0 Å². The predicted molar refractivity (Wildman–Crippen MR) is 58.1 cm³/mol. The third-order valence-electron chi connectivity index (χ3n) is 2.61. The second kappa shape index (κ2) is 3.10. The Morgan fingerprint density at radius 3 is 2.56 bits per heavy atom. The Bertz CT molecular complexity index is 695. The van der Waals surface area contributed by atoms with Crippen molar-refractivity contribution in [3.63, 3.8) is 0 Å². The van der Waals surface area contributed by atoms with Gasteiger partial charge in [0.1, 0.15) is 11.2 Å². The summed E-state index contributed by atoms with van der Waals surface area (Å²) in [7, 11) is 0. The Kier molecular flexibility index (Phi) is 1.74. The molecule has 2 aromatic carbocycles. The lowest BCUT2D eigenvalue weighted by molar-refractivity contribution is -0.255. The maximum absolute atomic E-state index is 10.8. The molecule has 78 valence electrons. The third kappa shape index (κ3) is 1.18. The van der Waals surface area contributed by atoms with Gasteiger partial charge in [-0.25, -0.2) is 0 Å². The Labute approximate surface area is 90.9 Å². The van der Waals surface area contributed by atoms with E-state index in [0.29, 0.717) is 5.58 Å². The molecule has 0 spiro atoms. The molecule has 0 amide bonds. The first-order chi connectivity index (χ1) is 7.75.